The number of nitrogens with one attached hydrogen (secondary N) is 1. The number of benzene rings is 1. The number of aromatic nitrogens is 1. The number of hydrogen-bond acceptors (Lipinski definition) is 5. The first kappa shape index (κ1) is 20.1. The lowest BCUT2D eigenvalue weighted by atomic mass is 10.1. The molecule has 0 saturated carbocycles. The van der Waals surface area contributed by atoms with Gasteiger partial charge in [-0.2, -0.15) is 0 Å². The van der Waals surface area contributed by atoms with Crippen LogP contribution in [0.2, 0.25) is 0 Å². The van der Waals surface area contributed by atoms with Crippen LogP contribution in [-0.2, 0) is 20.9 Å². The van der Waals surface area contributed by atoms with Crippen molar-refractivity contribution in [1.82, 2.24) is 10.3 Å². The molecule has 0 aliphatic carbocycles. The third-order valence-corrected chi connectivity index (χ3v) is 3.87. The lowest BCUT2D eigenvalue weighted by Gasteiger charge is -2.23. The summed E-state index contributed by atoms with van der Waals surface area (Å²) in [5.74, 6) is -0.943. The number of pyridine rings is 1. The van der Waals surface area contributed by atoms with Crippen molar-refractivity contribution in [1.29, 1.82) is 0 Å². The molecule has 2 rings (SSSR count). The van der Waals surface area contributed by atoms with Crippen molar-refractivity contribution in [3.05, 3.63) is 59.9 Å². The van der Waals surface area contributed by atoms with Crippen LogP contribution in [0.4, 0.5) is 5.69 Å². The molecule has 0 spiro atoms. The molecule has 2 amide bonds. The van der Waals surface area contributed by atoms with E-state index in [4.69, 9.17) is 4.74 Å². The number of nitrogens with zero attached hydrogens (tertiary/aromatic N) is 2. The average Bonchev–Trinajstić information content (AvgIpc) is 2.67. The maximum absolute atomic E-state index is 12.1. The maximum atomic E-state index is 12.1. The molecule has 27 heavy (non-hydrogen) atoms. The van der Waals surface area contributed by atoms with Crippen molar-refractivity contribution in [3.8, 4) is 0 Å². The number of ether oxygens (including phenoxy) is 1. The van der Waals surface area contributed by atoms with Gasteiger partial charge in [-0.05, 0) is 36.8 Å². The van der Waals surface area contributed by atoms with Gasteiger partial charge in [0.25, 0.3) is 0 Å². The number of anilines is 1. The standard InChI is InChI=1S/C20H23N3O4/c1-3-27-20(26)17-6-4-5-7-18(17)23(15(2)24)13-10-19(25)22-14-16-8-11-21-12-9-16/h4-9,11-12H,3,10,13-14H2,1-2H3,(H,22,25). The zero-order valence-electron chi connectivity index (χ0n) is 15.5. The minimum absolute atomic E-state index is 0.113. The van der Waals surface area contributed by atoms with Gasteiger partial charge < -0.3 is 15.0 Å². The van der Waals surface area contributed by atoms with Crippen LogP contribution in [0.1, 0.15) is 36.2 Å². The average molecular weight is 369 g/mol. The molecule has 0 radical (unpaired) electrons. The molecule has 2 aromatic rings. The molecule has 0 unspecified atom stereocenters. The number of carbonyl (C=O) groups excluding carboxylic acids is 3. The molecule has 7 nitrogen and oxygen atoms in total. The largest absolute Gasteiger partial charge is 0.462 e. The highest BCUT2D eigenvalue weighted by atomic mass is 16.5. The SMILES string of the molecule is CCOC(=O)c1ccccc1N(CCC(=O)NCc1ccncc1)C(C)=O. The van der Waals surface area contributed by atoms with E-state index >= 15 is 0 Å². The van der Waals surface area contributed by atoms with Gasteiger partial charge >= 0.3 is 5.97 Å². The molecule has 1 N–H and O–H groups in total. The van der Waals surface area contributed by atoms with Crippen LogP contribution >= 0.6 is 0 Å². The molecule has 0 bridgehead atoms. The number of hydrogen-bond donors (Lipinski definition) is 1. The molecule has 0 aliphatic heterocycles. The number of esters is 1. The molecule has 1 aromatic carbocycles. The second kappa shape index (κ2) is 10.1. The fourth-order valence-corrected chi connectivity index (χ4v) is 2.54. The van der Waals surface area contributed by atoms with Gasteiger partial charge in [-0.3, -0.25) is 14.6 Å². The van der Waals surface area contributed by atoms with Crippen molar-refractivity contribution in [2.45, 2.75) is 26.8 Å². The summed E-state index contributed by atoms with van der Waals surface area (Å²) in [4.78, 5) is 41.7. The topological polar surface area (TPSA) is 88.6 Å². The van der Waals surface area contributed by atoms with Crippen LogP contribution in [0, 0.1) is 0 Å². The van der Waals surface area contributed by atoms with E-state index in [0.717, 1.165) is 5.56 Å². The number of amides is 2. The first-order chi connectivity index (χ1) is 13.0. The van der Waals surface area contributed by atoms with Crippen LogP contribution in [-0.4, -0.2) is 35.9 Å². The van der Waals surface area contributed by atoms with Gasteiger partial charge in [0.2, 0.25) is 11.8 Å². The normalized spacial score (nSPS) is 10.1. The summed E-state index contributed by atoms with van der Waals surface area (Å²) in [7, 11) is 0. The van der Waals surface area contributed by atoms with Crippen LogP contribution in [0.15, 0.2) is 48.8 Å². The molecule has 142 valence electrons. The van der Waals surface area contributed by atoms with Gasteiger partial charge in [0.15, 0.2) is 0 Å². The predicted molar refractivity (Wildman–Crippen MR) is 101 cm³/mol. The Morgan fingerprint density at radius 1 is 1.11 bits per heavy atom. The van der Waals surface area contributed by atoms with Crippen molar-refractivity contribution < 1.29 is 19.1 Å². The summed E-state index contributed by atoms with van der Waals surface area (Å²) in [5.41, 5.74) is 1.67. The van der Waals surface area contributed by atoms with E-state index in [1.165, 1.54) is 11.8 Å². The van der Waals surface area contributed by atoms with Crippen molar-refractivity contribution >= 4 is 23.5 Å². The van der Waals surface area contributed by atoms with E-state index in [9.17, 15) is 14.4 Å². The monoisotopic (exact) mass is 369 g/mol. The summed E-state index contributed by atoms with van der Waals surface area (Å²) in [6.45, 7) is 3.91. The first-order valence-electron chi connectivity index (χ1n) is 8.72. The third kappa shape index (κ3) is 5.91. The van der Waals surface area contributed by atoms with Crippen molar-refractivity contribution in [2.75, 3.05) is 18.1 Å². The summed E-state index contributed by atoms with van der Waals surface area (Å²) >= 11 is 0. The predicted octanol–water partition coefficient (Wildman–Crippen LogP) is 2.32. The molecule has 7 heteroatoms. The molecular formula is C20H23N3O4. The molecule has 0 saturated heterocycles. The highest BCUT2D eigenvalue weighted by molar-refractivity contribution is 6.02. The van der Waals surface area contributed by atoms with E-state index in [0.29, 0.717) is 17.8 Å². The van der Waals surface area contributed by atoms with Gasteiger partial charge in [-0.1, -0.05) is 12.1 Å². The molecule has 1 heterocycles. The lowest BCUT2D eigenvalue weighted by Crippen LogP contribution is -2.34. The zero-order valence-corrected chi connectivity index (χ0v) is 15.5. The highest BCUT2D eigenvalue weighted by Crippen LogP contribution is 2.22. The molecule has 0 aliphatic rings. The Balaban J connectivity index is 2.03. The van der Waals surface area contributed by atoms with Crippen LogP contribution in [0.25, 0.3) is 0 Å². The molecule has 1 aromatic heterocycles. The second-order valence-corrected chi connectivity index (χ2v) is 5.79. The zero-order chi connectivity index (χ0) is 19.6. The van der Waals surface area contributed by atoms with Crippen molar-refractivity contribution in [3.63, 3.8) is 0 Å². The number of carbonyl (C=O) groups is 3. The Morgan fingerprint density at radius 3 is 2.48 bits per heavy atom. The Morgan fingerprint density at radius 2 is 1.81 bits per heavy atom. The van der Waals surface area contributed by atoms with Gasteiger partial charge in [0.05, 0.1) is 17.9 Å². The minimum Gasteiger partial charge on any atom is -0.462 e. The Kier molecular flexibility index (Phi) is 7.49. The van der Waals surface area contributed by atoms with Crippen LogP contribution in [0.3, 0.4) is 0 Å². The van der Waals surface area contributed by atoms with E-state index in [2.05, 4.69) is 10.3 Å². The van der Waals surface area contributed by atoms with Gasteiger partial charge in [-0.15, -0.1) is 0 Å². The van der Waals surface area contributed by atoms with Gasteiger partial charge in [-0.25, -0.2) is 4.79 Å². The third-order valence-electron chi connectivity index (χ3n) is 3.87. The van der Waals surface area contributed by atoms with E-state index in [-0.39, 0.29) is 31.4 Å². The highest BCUT2D eigenvalue weighted by Gasteiger charge is 2.20. The number of para-hydroxylation sites is 1. The fraction of sp³-hybridized carbons (Fsp3) is 0.300. The Labute approximate surface area is 158 Å². The van der Waals surface area contributed by atoms with Crippen LogP contribution < -0.4 is 10.2 Å². The quantitative estimate of drug-likeness (QED) is 0.722. The maximum Gasteiger partial charge on any atom is 0.340 e. The lowest BCUT2D eigenvalue weighted by molar-refractivity contribution is -0.121. The van der Waals surface area contributed by atoms with Crippen molar-refractivity contribution in [2.24, 2.45) is 0 Å². The second-order valence-electron chi connectivity index (χ2n) is 5.79. The van der Waals surface area contributed by atoms with Gasteiger partial charge in [0, 0.05) is 38.8 Å². The molecule has 0 atom stereocenters. The fourth-order valence-electron chi connectivity index (χ4n) is 2.54. The molecule has 0 fully saturated rings. The number of rotatable bonds is 8. The van der Waals surface area contributed by atoms with Gasteiger partial charge in [0.1, 0.15) is 0 Å². The molecular weight excluding hydrogens is 346 g/mol. The summed E-state index contributed by atoms with van der Waals surface area (Å²) in [6, 6.07) is 10.3. The van der Waals surface area contributed by atoms with E-state index in [1.54, 1.807) is 43.6 Å². The Bertz CT molecular complexity index is 793. The van der Waals surface area contributed by atoms with E-state index in [1.807, 2.05) is 12.1 Å². The van der Waals surface area contributed by atoms with E-state index < -0.39 is 5.97 Å². The summed E-state index contributed by atoms with van der Waals surface area (Å²) < 4.78 is 5.05. The minimum atomic E-state index is -0.499. The smallest absolute Gasteiger partial charge is 0.340 e. The van der Waals surface area contributed by atoms with Crippen LogP contribution in [0.5, 0.6) is 0 Å². The Hall–Kier alpha value is -3.22. The summed E-state index contributed by atoms with van der Waals surface area (Å²) in [5, 5.41) is 2.81. The summed E-state index contributed by atoms with van der Waals surface area (Å²) in [6.07, 6.45) is 3.43. The first-order valence-corrected chi connectivity index (χ1v) is 8.72.